The van der Waals surface area contributed by atoms with E-state index in [0.29, 0.717) is 6.04 Å². The lowest BCUT2D eigenvalue weighted by molar-refractivity contribution is 0.166. The Hall–Kier alpha value is -0.340. The minimum atomic E-state index is -0.197. The van der Waals surface area contributed by atoms with Gasteiger partial charge in [0.2, 0.25) is 0 Å². The summed E-state index contributed by atoms with van der Waals surface area (Å²) in [5.74, 6) is 0. The summed E-state index contributed by atoms with van der Waals surface area (Å²) in [6.45, 7) is 6.56. The largest absolute Gasteiger partial charge is 0.389 e. The minimum Gasteiger partial charge on any atom is -0.389 e. The molecule has 12 heavy (non-hydrogen) atoms. The van der Waals surface area contributed by atoms with Crippen LogP contribution in [0.25, 0.3) is 0 Å². The fourth-order valence-corrected chi connectivity index (χ4v) is 1.79. The maximum absolute atomic E-state index is 9.25. The standard InChI is InChI=1S/C10H19NO/c1-3-11(4-2)9-5-7-10(12)8-6-9/h5,7,9-10,12H,3-4,6,8H2,1-2H3/t9-,10-/m1/s1. The summed E-state index contributed by atoms with van der Waals surface area (Å²) in [5, 5.41) is 9.25. The molecule has 0 spiro atoms. The lowest BCUT2D eigenvalue weighted by Crippen LogP contribution is -2.36. The molecular formula is C10H19NO. The number of nitrogens with zero attached hydrogens (tertiary/aromatic N) is 1. The molecule has 2 atom stereocenters. The van der Waals surface area contributed by atoms with Crippen LogP contribution in [0.5, 0.6) is 0 Å². The van der Waals surface area contributed by atoms with E-state index < -0.39 is 0 Å². The topological polar surface area (TPSA) is 23.5 Å². The zero-order chi connectivity index (χ0) is 8.97. The van der Waals surface area contributed by atoms with E-state index in [1.54, 1.807) is 0 Å². The van der Waals surface area contributed by atoms with Crippen molar-refractivity contribution in [3.05, 3.63) is 12.2 Å². The Morgan fingerprint density at radius 3 is 2.33 bits per heavy atom. The molecule has 0 aromatic heterocycles. The van der Waals surface area contributed by atoms with Crippen LogP contribution < -0.4 is 0 Å². The molecule has 0 heterocycles. The van der Waals surface area contributed by atoms with E-state index in [9.17, 15) is 5.11 Å². The molecular weight excluding hydrogens is 150 g/mol. The first kappa shape index (κ1) is 9.75. The Morgan fingerprint density at radius 1 is 1.25 bits per heavy atom. The summed E-state index contributed by atoms with van der Waals surface area (Å²) in [5.41, 5.74) is 0. The van der Waals surface area contributed by atoms with E-state index in [4.69, 9.17) is 0 Å². The Labute approximate surface area is 74.9 Å². The van der Waals surface area contributed by atoms with Gasteiger partial charge in [-0.05, 0) is 25.9 Å². The molecule has 0 aromatic carbocycles. The second kappa shape index (κ2) is 4.63. The number of likely N-dealkylation sites (N-methyl/N-ethyl adjacent to an activating group) is 1. The predicted octanol–water partition coefficient (Wildman–Crippen LogP) is 1.41. The second-order valence-corrected chi connectivity index (χ2v) is 3.32. The van der Waals surface area contributed by atoms with E-state index in [2.05, 4.69) is 24.8 Å². The molecule has 0 fully saturated rings. The van der Waals surface area contributed by atoms with Gasteiger partial charge in [-0.1, -0.05) is 26.0 Å². The summed E-state index contributed by atoms with van der Waals surface area (Å²) in [4.78, 5) is 2.42. The van der Waals surface area contributed by atoms with Crippen molar-refractivity contribution >= 4 is 0 Å². The van der Waals surface area contributed by atoms with Gasteiger partial charge < -0.3 is 5.11 Å². The third kappa shape index (κ3) is 2.32. The zero-order valence-electron chi connectivity index (χ0n) is 8.03. The number of hydrogen-bond donors (Lipinski definition) is 1. The smallest absolute Gasteiger partial charge is 0.0722 e. The van der Waals surface area contributed by atoms with Crippen LogP contribution >= 0.6 is 0 Å². The SMILES string of the molecule is CCN(CC)[C@@H]1C=C[C@@H](O)CC1. The van der Waals surface area contributed by atoms with Gasteiger partial charge in [0, 0.05) is 6.04 Å². The van der Waals surface area contributed by atoms with Crippen LogP contribution in [0.3, 0.4) is 0 Å². The van der Waals surface area contributed by atoms with Crippen molar-refractivity contribution < 1.29 is 5.11 Å². The van der Waals surface area contributed by atoms with E-state index in [1.165, 1.54) is 0 Å². The van der Waals surface area contributed by atoms with Gasteiger partial charge in [-0.2, -0.15) is 0 Å². The van der Waals surface area contributed by atoms with Gasteiger partial charge in [-0.25, -0.2) is 0 Å². The predicted molar refractivity (Wildman–Crippen MR) is 51.1 cm³/mol. The summed E-state index contributed by atoms with van der Waals surface area (Å²) in [6.07, 6.45) is 5.88. The van der Waals surface area contributed by atoms with E-state index in [-0.39, 0.29) is 6.10 Å². The summed E-state index contributed by atoms with van der Waals surface area (Å²) in [6, 6.07) is 0.559. The third-order valence-corrected chi connectivity index (χ3v) is 2.59. The average molecular weight is 169 g/mol. The molecule has 0 amide bonds. The lowest BCUT2D eigenvalue weighted by atomic mass is 9.99. The second-order valence-electron chi connectivity index (χ2n) is 3.32. The van der Waals surface area contributed by atoms with Crippen LogP contribution in [0.2, 0.25) is 0 Å². The first-order valence-corrected chi connectivity index (χ1v) is 4.88. The van der Waals surface area contributed by atoms with E-state index in [0.717, 1.165) is 25.9 Å². The fourth-order valence-electron chi connectivity index (χ4n) is 1.79. The minimum absolute atomic E-state index is 0.197. The average Bonchev–Trinajstić information content (AvgIpc) is 2.10. The van der Waals surface area contributed by atoms with Gasteiger partial charge in [0.1, 0.15) is 0 Å². The molecule has 0 radical (unpaired) electrons. The van der Waals surface area contributed by atoms with Crippen molar-refractivity contribution in [2.24, 2.45) is 0 Å². The highest BCUT2D eigenvalue weighted by molar-refractivity contribution is 5.02. The molecule has 0 saturated carbocycles. The van der Waals surface area contributed by atoms with E-state index >= 15 is 0 Å². The molecule has 70 valence electrons. The molecule has 1 N–H and O–H groups in total. The number of rotatable bonds is 3. The lowest BCUT2D eigenvalue weighted by Gasteiger charge is -2.30. The Morgan fingerprint density at radius 2 is 1.92 bits per heavy atom. The van der Waals surface area contributed by atoms with Crippen molar-refractivity contribution in [3.63, 3.8) is 0 Å². The molecule has 1 aliphatic rings. The van der Waals surface area contributed by atoms with Crippen LogP contribution in [0.4, 0.5) is 0 Å². The summed E-state index contributed by atoms with van der Waals surface area (Å²) in [7, 11) is 0. The fraction of sp³-hybridized carbons (Fsp3) is 0.800. The number of aliphatic hydroxyl groups excluding tert-OH is 1. The molecule has 0 aromatic rings. The number of hydrogen-bond acceptors (Lipinski definition) is 2. The van der Waals surface area contributed by atoms with Gasteiger partial charge in [0.15, 0.2) is 0 Å². The van der Waals surface area contributed by atoms with Crippen molar-refractivity contribution in [2.45, 2.75) is 38.8 Å². The Bertz CT molecular complexity index is 152. The van der Waals surface area contributed by atoms with Gasteiger partial charge in [0.05, 0.1) is 6.10 Å². The molecule has 0 unspecified atom stereocenters. The van der Waals surface area contributed by atoms with Crippen LogP contribution in [0.1, 0.15) is 26.7 Å². The van der Waals surface area contributed by atoms with Gasteiger partial charge in [-0.3, -0.25) is 4.90 Å². The maximum atomic E-state index is 9.25. The van der Waals surface area contributed by atoms with Crippen molar-refractivity contribution in [1.82, 2.24) is 4.90 Å². The molecule has 1 rings (SSSR count). The normalized spacial score (nSPS) is 29.7. The van der Waals surface area contributed by atoms with Crippen LogP contribution in [0, 0.1) is 0 Å². The highest BCUT2D eigenvalue weighted by atomic mass is 16.3. The van der Waals surface area contributed by atoms with Crippen LogP contribution in [-0.2, 0) is 0 Å². The van der Waals surface area contributed by atoms with Gasteiger partial charge >= 0.3 is 0 Å². The molecule has 2 nitrogen and oxygen atoms in total. The van der Waals surface area contributed by atoms with Crippen molar-refractivity contribution in [2.75, 3.05) is 13.1 Å². The Balaban J connectivity index is 2.47. The first-order chi connectivity index (χ1) is 5.77. The third-order valence-electron chi connectivity index (χ3n) is 2.59. The highest BCUT2D eigenvalue weighted by Gasteiger charge is 2.17. The first-order valence-electron chi connectivity index (χ1n) is 4.88. The van der Waals surface area contributed by atoms with Crippen LogP contribution in [-0.4, -0.2) is 35.2 Å². The quantitative estimate of drug-likeness (QED) is 0.646. The summed E-state index contributed by atoms with van der Waals surface area (Å²) < 4.78 is 0. The molecule has 2 heteroatoms. The van der Waals surface area contributed by atoms with Crippen molar-refractivity contribution in [1.29, 1.82) is 0 Å². The molecule has 0 saturated heterocycles. The van der Waals surface area contributed by atoms with Gasteiger partial charge in [-0.15, -0.1) is 0 Å². The zero-order valence-corrected chi connectivity index (χ0v) is 8.03. The van der Waals surface area contributed by atoms with E-state index in [1.807, 2.05) is 6.08 Å². The van der Waals surface area contributed by atoms with Gasteiger partial charge in [0.25, 0.3) is 0 Å². The number of aliphatic hydroxyl groups is 1. The molecule has 0 bridgehead atoms. The molecule has 1 aliphatic carbocycles. The highest BCUT2D eigenvalue weighted by Crippen LogP contribution is 2.16. The van der Waals surface area contributed by atoms with Crippen LogP contribution in [0.15, 0.2) is 12.2 Å². The molecule has 0 aliphatic heterocycles. The Kier molecular flexibility index (Phi) is 3.76. The summed E-state index contributed by atoms with van der Waals surface area (Å²) >= 11 is 0. The maximum Gasteiger partial charge on any atom is 0.0722 e. The monoisotopic (exact) mass is 169 g/mol. The van der Waals surface area contributed by atoms with Crippen molar-refractivity contribution in [3.8, 4) is 0 Å².